The van der Waals surface area contributed by atoms with E-state index in [1.807, 2.05) is 17.5 Å². The summed E-state index contributed by atoms with van der Waals surface area (Å²) in [6.45, 7) is 0. The van der Waals surface area contributed by atoms with E-state index in [1.54, 1.807) is 24.3 Å². The van der Waals surface area contributed by atoms with Crippen LogP contribution in [0.15, 0.2) is 46.9 Å². The van der Waals surface area contributed by atoms with Gasteiger partial charge in [-0.2, -0.15) is 5.10 Å². The average molecular weight is 308 g/mol. The summed E-state index contributed by atoms with van der Waals surface area (Å²) in [6.07, 6.45) is 1.47. The molecule has 5 nitrogen and oxygen atoms in total. The molecule has 0 unspecified atom stereocenters. The van der Waals surface area contributed by atoms with Gasteiger partial charge in [0.2, 0.25) is 0 Å². The van der Waals surface area contributed by atoms with Crippen molar-refractivity contribution < 1.29 is 9.59 Å². The van der Waals surface area contributed by atoms with Crippen LogP contribution in [-0.4, -0.2) is 18.0 Å². The summed E-state index contributed by atoms with van der Waals surface area (Å²) in [7, 11) is 0. The summed E-state index contributed by atoms with van der Waals surface area (Å²) in [5.74, 6) is -1.64. The third-order valence-electron chi connectivity index (χ3n) is 2.21. The van der Waals surface area contributed by atoms with E-state index in [0.29, 0.717) is 10.7 Å². The Bertz CT molecular complexity index is 624. The van der Waals surface area contributed by atoms with Crippen LogP contribution in [0.5, 0.6) is 0 Å². The van der Waals surface area contributed by atoms with Crippen molar-refractivity contribution in [2.24, 2.45) is 5.10 Å². The van der Waals surface area contributed by atoms with Crippen molar-refractivity contribution in [3.63, 3.8) is 0 Å². The van der Waals surface area contributed by atoms with Crippen LogP contribution in [0.4, 0.5) is 5.69 Å². The van der Waals surface area contributed by atoms with Crippen LogP contribution < -0.4 is 10.7 Å². The summed E-state index contributed by atoms with van der Waals surface area (Å²) in [5, 5.41) is 8.56. The second kappa shape index (κ2) is 6.83. The number of thiophene rings is 1. The zero-order valence-corrected chi connectivity index (χ0v) is 11.7. The molecule has 0 aliphatic heterocycles. The second-order valence-corrected chi connectivity index (χ2v) is 5.09. The number of halogens is 1. The molecule has 1 aromatic heterocycles. The Morgan fingerprint density at radius 3 is 2.55 bits per heavy atom. The van der Waals surface area contributed by atoms with Gasteiger partial charge in [0.25, 0.3) is 0 Å². The molecule has 1 heterocycles. The molecule has 0 spiro atoms. The summed E-state index contributed by atoms with van der Waals surface area (Å²) >= 11 is 7.19. The van der Waals surface area contributed by atoms with Gasteiger partial charge in [-0.05, 0) is 35.7 Å². The quantitative estimate of drug-likeness (QED) is 0.519. The maximum absolute atomic E-state index is 11.6. The Morgan fingerprint density at radius 2 is 1.90 bits per heavy atom. The molecule has 0 fully saturated rings. The highest BCUT2D eigenvalue weighted by Crippen LogP contribution is 2.13. The summed E-state index contributed by atoms with van der Waals surface area (Å²) in [4.78, 5) is 23.9. The van der Waals surface area contributed by atoms with E-state index in [1.165, 1.54) is 17.6 Å². The standard InChI is InChI=1S/C13H10ClN3O2S/c14-9-3-5-10(6-4-9)16-12(18)13(19)17-15-8-11-2-1-7-20-11/h1-8H,(H,16,18)(H,17,19)/b15-8-. The van der Waals surface area contributed by atoms with E-state index >= 15 is 0 Å². The maximum Gasteiger partial charge on any atom is 0.329 e. The molecule has 2 amide bonds. The highest BCUT2D eigenvalue weighted by Gasteiger charge is 2.12. The highest BCUT2D eigenvalue weighted by molar-refractivity contribution is 7.11. The number of carbonyl (C=O) groups excluding carboxylic acids is 2. The SMILES string of the molecule is O=C(N/N=C\c1cccs1)C(=O)Nc1ccc(Cl)cc1. The number of anilines is 1. The van der Waals surface area contributed by atoms with Crippen LogP contribution in [0.25, 0.3) is 0 Å². The number of benzene rings is 1. The molecule has 102 valence electrons. The molecule has 2 aromatic rings. The molecule has 1 aromatic carbocycles. The molecule has 0 saturated carbocycles. The number of amides is 2. The fraction of sp³-hybridized carbons (Fsp3) is 0. The summed E-state index contributed by atoms with van der Waals surface area (Å²) in [6, 6.07) is 10.1. The molecule has 0 bridgehead atoms. The lowest BCUT2D eigenvalue weighted by Gasteiger charge is -2.03. The number of hydrazone groups is 1. The summed E-state index contributed by atoms with van der Waals surface area (Å²) < 4.78 is 0. The molecule has 0 aliphatic rings. The zero-order valence-electron chi connectivity index (χ0n) is 10.2. The van der Waals surface area contributed by atoms with Gasteiger partial charge in [0.05, 0.1) is 6.21 Å². The number of hydrogen-bond acceptors (Lipinski definition) is 4. The first kappa shape index (κ1) is 14.2. The van der Waals surface area contributed by atoms with Crippen molar-refractivity contribution in [3.05, 3.63) is 51.7 Å². The Balaban J connectivity index is 1.86. The van der Waals surface area contributed by atoms with Gasteiger partial charge in [-0.3, -0.25) is 9.59 Å². The van der Waals surface area contributed by atoms with Gasteiger partial charge in [-0.25, -0.2) is 5.43 Å². The minimum atomic E-state index is -0.840. The van der Waals surface area contributed by atoms with Gasteiger partial charge in [-0.15, -0.1) is 11.3 Å². The van der Waals surface area contributed by atoms with Gasteiger partial charge in [-0.1, -0.05) is 17.7 Å². The van der Waals surface area contributed by atoms with Crippen molar-refractivity contribution in [1.29, 1.82) is 0 Å². The first-order valence-corrected chi connectivity index (χ1v) is 6.84. The molecule has 0 atom stereocenters. The van der Waals surface area contributed by atoms with Gasteiger partial charge in [0.15, 0.2) is 0 Å². The van der Waals surface area contributed by atoms with Gasteiger partial charge >= 0.3 is 11.8 Å². The van der Waals surface area contributed by atoms with Crippen molar-refractivity contribution >= 4 is 46.7 Å². The van der Waals surface area contributed by atoms with E-state index in [9.17, 15) is 9.59 Å². The Kier molecular flexibility index (Phi) is 4.86. The van der Waals surface area contributed by atoms with Crippen molar-refractivity contribution in [3.8, 4) is 0 Å². The number of hydrogen-bond donors (Lipinski definition) is 2. The molecular weight excluding hydrogens is 298 g/mol. The van der Waals surface area contributed by atoms with Crippen molar-refractivity contribution in [1.82, 2.24) is 5.43 Å². The molecule has 2 N–H and O–H groups in total. The monoisotopic (exact) mass is 307 g/mol. The number of nitrogens with one attached hydrogen (secondary N) is 2. The Labute approximate surface area is 124 Å². The normalized spacial score (nSPS) is 10.4. The lowest BCUT2D eigenvalue weighted by atomic mass is 10.3. The fourth-order valence-corrected chi connectivity index (χ4v) is 2.00. The van der Waals surface area contributed by atoms with Crippen LogP contribution in [-0.2, 0) is 9.59 Å². The van der Waals surface area contributed by atoms with E-state index in [0.717, 1.165) is 4.88 Å². The first-order chi connectivity index (χ1) is 9.65. The van der Waals surface area contributed by atoms with E-state index < -0.39 is 11.8 Å². The predicted molar refractivity (Wildman–Crippen MR) is 80.1 cm³/mol. The van der Waals surface area contributed by atoms with Crippen LogP contribution in [0.1, 0.15) is 4.88 Å². The summed E-state index contributed by atoms with van der Waals surface area (Å²) in [5.41, 5.74) is 2.63. The second-order valence-electron chi connectivity index (χ2n) is 3.68. The van der Waals surface area contributed by atoms with Gasteiger partial charge in [0, 0.05) is 15.6 Å². The third-order valence-corrected chi connectivity index (χ3v) is 3.27. The minimum absolute atomic E-state index is 0.483. The van der Waals surface area contributed by atoms with Crippen LogP contribution in [0.3, 0.4) is 0 Å². The number of nitrogens with zero attached hydrogens (tertiary/aromatic N) is 1. The van der Waals surface area contributed by atoms with Crippen LogP contribution in [0.2, 0.25) is 5.02 Å². The zero-order chi connectivity index (χ0) is 14.4. The number of carbonyl (C=O) groups is 2. The van der Waals surface area contributed by atoms with Crippen molar-refractivity contribution in [2.75, 3.05) is 5.32 Å². The van der Waals surface area contributed by atoms with Gasteiger partial charge in [0.1, 0.15) is 0 Å². The fourth-order valence-electron chi connectivity index (χ4n) is 1.29. The van der Waals surface area contributed by atoms with E-state index in [4.69, 9.17) is 11.6 Å². The topological polar surface area (TPSA) is 70.6 Å². The van der Waals surface area contributed by atoms with Crippen LogP contribution in [0, 0.1) is 0 Å². The lowest BCUT2D eigenvalue weighted by molar-refractivity contribution is -0.136. The average Bonchev–Trinajstić information content (AvgIpc) is 2.94. The van der Waals surface area contributed by atoms with Crippen molar-refractivity contribution in [2.45, 2.75) is 0 Å². The first-order valence-electron chi connectivity index (χ1n) is 5.58. The third kappa shape index (κ3) is 4.18. The van der Waals surface area contributed by atoms with Crippen LogP contribution >= 0.6 is 22.9 Å². The Hall–Kier alpha value is -2.18. The Morgan fingerprint density at radius 1 is 1.15 bits per heavy atom. The molecule has 20 heavy (non-hydrogen) atoms. The van der Waals surface area contributed by atoms with E-state index in [2.05, 4.69) is 15.8 Å². The molecular formula is C13H10ClN3O2S. The lowest BCUT2D eigenvalue weighted by Crippen LogP contribution is -2.32. The molecule has 2 rings (SSSR count). The largest absolute Gasteiger partial charge is 0.329 e. The molecule has 0 radical (unpaired) electrons. The van der Waals surface area contributed by atoms with Gasteiger partial charge < -0.3 is 5.32 Å². The smallest absolute Gasteiger partial charge is 0.318 e. The maximum atomic E-state index is 11.6. The molecule has 7 heteroatoms. The number of rotatable bonds is 3. The molecule has 0 aliphatic carbocycles. The minimum Gasteiger partial charge on any atom is -0.318 e. The predicted octanol–water partition coefficient (Wildman–Crippen LogP) is 2.49. The molecule has 0 saturated heterocycles. The van der Waals surface area contributed by atoms with E-state index in [-0.39, 0.29) is 0 Å². The highest BCUT2D eigenvalue weighted by atomic mass is 35.5.